The first-order chi connectivity index (χ1) is 13.7. The highest BCUT2D eigenvalue weighted by atomic mass is 32.2. The molecule has 8 heteroatoms. The van der Waals surface area contributed by atoms with Gasteiger partial charge < -0.3 is 15.4 Å². The van der Waals surface area contributed by atoms with E-state index in [2.05, 4.69) is 20.8 Å². The Bertz CT molecular complexity index is 930. The molecule has 2 N–H and O–H groups in total. The molecule has 0 saturated carbocycles. The summed E-state index contributed by atoms with van der Waals surface area (Å²) in [7, 11) is 1.65. The molecule has 2 aromatic carbocycles. The second-order valence-corrected chi connectivity index (χ2v) is 8.21. The number of para-hydroxylation sites is 2. The van der Waals surface area contributed by atoms with E-state index in [4.69, 9.17) is 4.74 Å². The fourth-order valence-corrected chi connectivity index (χ4v) is 4.17. The van der Waals surface area contributed by atoms with Crippen LogP contribution in [0.25, 0.3) is 0 Å². The van der Waals surface area contributed by atoms with Crippen molar-refractivity contribution in [1.29, 1.82) is 0 Å². The summed E-state index contributed by atoms with van der Waals surface area (Å²) in [6.07, 6.45) is 0.726. The zero-order valence-corrected chi connectivity index (χ0v) is 17.4. The van der Waals surface area contributed by atoms with Crippen LogP contribution in [0.4, 0.5) is 10.8 Å². The summed E-state index contributed by atoms with van der Waals surface area (Å²) in [5.74, 6) is 1.13. The lowest BCUT2D eigenvalue weighted by atomic mass is 10.1. The van der Waals surface area contributed by atoms with Gasteiger partial charge in [-0.3, -0.25) is 4.79 Å². The van der Waals surface area contributed by atoms with Gasteiger partial charge in [-0.25, -0.2) is 0 Å². The second kappa shape index (κ2) is 10.1. The molecule has 0 unspecified atom stereocenters. The Morgan fingerprint density at radius 3 is 2.75 bits per heavy atom. The Balaban J connectivity index is 1.42. The minimum Gasteiger partial charge on any atom is -0.496 e. The minimum atomic E-state index is -0.0245. The fourth-order valence-electron chi connectivity index (χ4n) is 2.57. The van der Waals surface area contributed by atoms with Crippen molar-refractivity contribution >= 4 is 39.8 Å². The normalized spacial score (nSPS) is 10.5. The number of hydrogen-bond acceptors (Lipinski definition) is 7. The van der Waals surface area contributed by atoms with Gasteiger partial charge in [0.1, 0.15) is 5.75 Å². The first-order valence-corrected chi connectivity index (χ1v) is 10.6. The average Bonchev–Trinajstić information content (AvgIpc) is 3.16. The van der Waals surface area contributed by atoms with E-state index in [-0.39, 0.29) is 5.91 Å². The maximum Gasteiger partial charge on any atom is 0.230 e. The van der Waals surface area contributed by atoms with E-state index in [1.54, 1.807) is 7.11 Å². The minimum absolute atomic E-state index is 0.0245. The molecule has 0 bridgehead atoms. The largest absolute Gasteiger partial charge is 0.496 e. The predicted octanol–water partition coefficient (Wildman–Crippen LogP) is 4.05. The zero-order valence-electron chi connectivity index (χ0n) is 15.8. The van der Waals surface area contributed by atoms with E-state index in [9.17, 15) is 4.79 Å². The first kappa shape index (κ1) is 20.2. The maximum absolute atomic E-state index is 12.1. The van der Waals surface area contributed by atoms with Crippen LogP contribution >= 0.6 is 23.1 Å². The van der Waals surface area contributed by atoms with Gasteiger partial charge in [-0.1, -0.05) is 59.5 Å². The third-order valence-electron chi connectivity index (χ3n) is 4.03. The summed E-state index contributed by atoms with van der Waals surface area (Å²) in [6, 6.07) is 15.8. The van der Waals surface area contributed by atoms with Crippen LogP contribution in [0.3, 0.4) is 0 Å². The van der Waals surface area contributed by atoms with Crippen LogP contribution in [0.2, 0.25) is 0 Å². The lowest BCUT2D eigenvalue weighted by Crippen LogP contribution is -2.27. The fraction of sp³-hybridized carbons (Fsp3) is 0.250. The molecular formula is C20H22N4O2S2. The molecule has 0 saturated heterocycles. The van der Waals surface area contributed by atoms with Crippen LogP contribution in [-0.2, 0) is 11.2 Å². The molecule has 1 aromatic heterocycles. The summed E-state index contributed by atoms with van der Waals surface area (Å²) in [5, 5.41) is 15.2. The van der Waals surface area contributed by atoms with Crippen molar-refractivity contribution in [1.82, 2.24) is 15.5 Å². The third-order valence-corrected chi connectivity index (χ3v) is 6.00. The van der Waals surface area contributed by atoms with Gasteiger partial charge in [0, 0.05) is 12.2 Å². The van der Waals surface area contributed by atoms with Crippen molar-refractivity contribution in [3.05, 3.63) is 59.7 Å². The Kier molecular flexibility index (Phi) is 7.27. The Morgan fingerprint density at radius 2 is 1.93 bits per heavy atom. The smallest absolute Gasteiger partial charge is 0.230 e. The number of rotatable bonds is 9. The quantitative estimate of drug-likeness (QED) is 0.515. The number of nitrogens with one attached hydrogen (secondary N) is 2. The molecule has 0 atom stereocenters. The molecule has 1 heterocycles. The van der Waals surface area contributed by atoms with Gasteiger partial charge in [0.15, 0.2) is 4.34 Å². The topological polar surface area (TPSA) is 76.1 Å². The summed E-state index contributed by atoms with van der Waals surface area (Å²) in [5.41, 5.74) is 3.22. The molecule has 6 nitrogen and oxygen atoms in total. The average molecular weight is 415 g/mol. The number of carbonyl (C=O) groups is 1. The van der Waals surface area contributed by atoms with Gasteiger partial charge in [0.2, 0.25) is 11.0 Å². The van der Waals surface area contributed by atoms with Gasteiger partial charge in [-0.05, 0) is 36.6 Å². The van der Waals surface area contributed by atoms with Crippen molar-refractivity contribution in [2.24, 2.45) is 0 Å². The lowest BCUT2D eigenvalue weighted by molar-refractivity contribution is -0.118. The summed E-state index contributed by atoms with van der Waals surface area (Å²) in [4.78, 5) is 12.1. The number of carbonyl (C=O) groups excluding carboxylic acids is 1. The van der Waals surface area contributed by atoms with Crippen LogP contribution in [0.1, 0.15) is 11.1 Å². The summed E-state index contributed by atoms with van der Waals surface area (Å²) >= 11 is 2.82. The first-order valence-electron chi connectivity index (χ1n) is 8.83. The van der Waals surface area contributed by atoms with Crippen LogP contribution in [0.5, 0.6) is 5.75 Å². The van der Waals surface area contributed by atoms with Gasteiger partial charge in [-0.15, -0.1) is 10.2 Å². The third kappa shape index (κ3) is 5.71. The second-order valence-electron chi connectivity index (χ2n) is 6.01. The maximum atomic E-state index is 12.1. The number of amides is 1. The Morgan fingerprint density at radius 1 is 1.14 bits per heavy atom. The number of nitrogens with zero attached hydrogens (tertiary/aromatic N) is 2. The number of ether oxygens (including phenoxy) is 1. The molecular weight excluding hydrogens is 392 g/mol. The van der Waals surface area contributed by atoms with E-state index in [1.807, 2.05) is 55.5 Å². The predicted molar refractivity (Wildman–Crippen MR) is 115 cm³/mol. The number of aryl methyl sites for hydroxylation is 1. The molecule has 146 valence electrons. The van der Waals surface area contributed by atoms with E-state index in [1.165, 1.54) is 23.1 Å². The summed E-state index contributed by atoms with van der Waals surface area (Å²) < 4.78 is 6.08. The van der Waals surface area contributed by atoms with Crippen molar-refractivity contribution in [3.63, 3.8) is 0 Å². The van der Waals surface area contributed by atoms with Crippen LogP contribution in [-0.4, -0.2) is 35.5 Å². The number of thioether (sulfide) groups is 1. The van der Waals surface area contributed by atoms with E-state index in [0.717, 1.165) is 33.3 Å². The van der Waals surface area contributed by atoms with Gasteiger partial charge in [0.25, 0.3) is 0 Å². The van der Waals surface area contributed by atoms with E-state index < -0.39 is 0 Å². The summed E-state index contributed by atoms with van der Waals surface area (Å²) in [6.45, 7) is 2.60. The number of anilines is 2. The number of methoxy groups -OCH3 is 1. The number of hydrogen-bond donors (Lipinski definition) is 2. The van der Waals surface area contributed by atoms with Gasteiger partial charge in [-0.2, -0.15) is 0 Å². The number of aromatic nitrogens is 2. The molecule has 1 amide bonds. The molecule has 28 heavy (non-hydrogen) atoms. The number of benzene rings is 2. The Hall–Kier alpha value is -2.58. The van der Waals surface area contributed by atoms with Crippen LogP contribution in [0, 0.1) is 6.92 Å². The molecule has 0 aliphatic rings. The molecule has 0 aliphatic carbocycles. The highest BCUT2D eigenvalue weighted by Gasteiger charge is 2.09. The standard InChI is InChI=1S/C20H22N4O2S2/c1-14-7-3-5-9-16(14)22-19-23-24-20(28-19)27-13-18(25)21-12-11-15-8-4-6-10-17(15)26-2/h3-10H,11-13H2,1-2H3,(H,21,25)(H,22,23). The highest BCUT2D eigenvalue weighted by molar-refractivity contribution is 8.01. The van der Waals surface area contributed by atoms with Crippen molar-refractivity contribution in [2.45, 2.75) is 17.7 Å². The van der Waals surface area contributed by atoms with Crippen LogP contribution < -0.4 is 15.4 Å². The van der Waals surface area contributed by atoms with Crippen molar-refractivity contribution in [3.8, 4) is 5.75 Å². The molecule has 0 fully saturated rings. The molecule has 3 rings (SSSR count). The highest BCUT2D eigenvalue weighted by Crippen LogP contribution is 2.28. The monoisotopic (exact) mass is 414 g/mol. The molecule has 0 spiro atoms. The van der Waals surface area contributed by atoms with E-state index >= 15 is 0 Å². The van der Waals surface area contributed by atoms with Gasteiger partial charge in [0.05, 0.1) is 12.9 Å². The van der Waals surface area contributed by atoms with Crippen molar-refractivity contribution in [2.75, 3.05) is 24.7 Å². The molecule has 0 aliphatic heterocycles. The van der Waals surface area contributed by atoms with E-state index in [0.29, 0.717) is 17.4 Å². The molecule has 3 aromatic rings. The SMILES string of the molecule is COc1ccccc1CCNC(=O)CSc1nnc(Nc2ccccc2C)s1. The molecule has 0 radical (unpaired) electrons. The van der Waals surface area contributed by atoms with Gasteiger partial charge >= 0.3 is 0 Å². The van der Waals surface area contributed by atoms with Crippen molar-refractivity contribution < 1.29 is 9.53 Å². The lowest BCUT2D eigenvalue weighted by Gasteiger charge is -2.08. The zero-order chi connectivity index (χ0) is 19.8. The Labute approximate surface area is 172 Å². The van der Waals surface area contributed by atoms with Crippen LogP contribution in [0.15, 0.2) is 52.9 Å².